The molecule has 1 aromatic carbocycles. The fraction of sp³-hybridized carbons (Fsp3) is 0.533. The van der Waals surface area contributed by atoms with Gasteiger partial charge in [0.15, 0.2) is 0 Å². The van der Waals surface area contributed by atoms with Crippen LogP contribution < -0.4 is 15.4 Å². The maximum atomic E-state index is 11.7. The van der Waals surface area contributed by atoms with E-state index < -0.39 is 0 Å². The Labute approximate surface area is 115 Å². The molecule has 0 aromatic heterocycles. The lowest BCUT2D eigenvalue weighted by molar-refractivity contribution is -0.122. The van der Waals surface area contributed by atoms with E-state index in [4.69, 9.17) is 4.74 Å². The van der Waals surface area contributed by atoms with E-state index in [9.17, 15) is 4.79 Å². The van der Waals surface area contributed by atoms with E-state index in [0.717, 1.165) is 25.1 Å². The first-order valence-corrected chi connectivity index (χ1v) is 6.81. The molecule has 0 saturated heterocycles. The van der Waals surface area contributed by atoms with Crippen LogP contribution in [-0.4, -0.2) is 32.1 Å². The van der Waals surface area contributed by atoms with Gasteiger partial charge in [0.1, 0.15) is 5.75 Å². The predicted molar refractivity (Wildman–Crippen MR) is 77.5 cm³/mol. The molecule has 0 spiro atoms. The summed E-state index contributed by atoms with van der Waals surface area (Å²) in [6.45, 7) is 5.50. The van der Waals surface area contributed by atoms with Crippen LogP contribution in [0.5, 0.6) is 5.75 Å². The summed E-state index contributed by atoms with van der Waals surface area (Å²) in [6, 6.07) is 7.77. The number of benzene rings is 1. The smallest absolute Gasteiger partial charge is 0.236 e. The van der Waals surface area contributed by atoms with Crippen LogP contribution in [0, 0.1) is 0 Å². The molecule has 4 nitrogen and oxygen atoms in total. The van der Waals surface area contributed by atoms with Crippen LogP contribution in [0.2, 0.25) is 0 Å². The molecular formula is C15H24N2O2. The van der Waals surface area contributed by atoms with Gasteiger partial charge < -0.3 is 15.4 Å². The van der Waals surface area contributed by atoms with Gasteiger partial charge in [-0.25, -0.2) is 0 Å². The third-order valence-corrected chi connectivity index (χ3v) is 2.97. The number of amides is 1. The average molecular weight is 264 g/mol. The summed E-state index contributed by atoms with van der Waals surface area (Å²) >= 11 is 0. The molecule has 1 rings (SSSR count). The van der Waals surface area contributed by atoms with Crippen molar-refractivity contribution >= 4 is 5.91 Å². The van der Waals surface area contributed by atoms with Crippen molar-refractivity contribution in [1.82, 2.24) is 10.6 Å². The standard InChI is InChI=1S/C15H24N2O2/c1-4-10-16-12(2)15(18)17-11-9-13-5-7-14(19-3)8-6-13/h5-8,12,16H,4,9-11H2,1-3H3,(H,17,18). The molecule has 0 heterocycles. The number of hydrogen-bond donors (Lipinski definition) is 2. The Morgan fingerprint density at radius 3 is 2.53 bits per heavy atom. The van der Waals surface area contributed by atoms with Gasteiger partial charge in [-0.2, -0.15) is 0 Å². The lowest BCUT2D eigenvalue weighted by Gasteiger charge is -2.13. The van der Waals surface area contributed by atoms with Crippen molar-refractivity contribution in [3.8, 4) is 5.75 Å². The molecule has 0 saturated carbocycles. The van der Waals surface area contributed by atoms with Gasteiger partial charge in [0.25, 0.3) is 0 Å². The Balaban J connectivity index is 2.27. The third-order valence-electron chi connectivity index (χ3n) is 2.97. The molecule has 1 amide bonds. The second kappa shape index (κ2) is 8.53. The lowest BCUT2D eigenvalue weighted by Crippen LogP contribution is -2.43. The zero-order chi connectivity index (χ0) is 14.1. The number of rotatable bonds is 8. The summed E-state index contributed by atoms with van der Waals surface area (Å²) in [5.74, 6) is 0.909. The number of hydrogen-bond acceptors (Lipinski definition) is 3. The van der Waals surface area contributed by atoms with Crippen molar-refractivity contribution < 1.29 is 9.53 Å². The molecule has 0 aliphatic carbocycles. The van der Waals surface area contributed by atoms with Gasteiger partial charge in [0.05, 0.1) is 13.2 Å². The summed E-state index contributed by atoms with van der Waals surface area (Å²) < 4.78 is 5.10. The van der Waals surface area contributed by atoms with Crippen LogP contribution >= 0.6 is 0 Å². The summed E-state index contributed by atoms with van der Waals surface area (Å²) in [6.07, 6.45) is 1.86. The Morgan fingerprint density at radius 1 is 1.26 bits per heavy atom. The molecule has 4 heteroatoms. The van der Waals surface area contributed by atoms with E-state index in [1.807, 2.05) is 31.2 Å². The maximum absolute atomic E-state index is 11.7. The molecule has 19 heavy (non-hydrogen) atoms. The maximum Gasteiger partial charge on any atom is 0.236 e. The highest BCUT2D eigenvalue weighted by Crippen LogP contribution is 2.11. The number of carbonyl (C=O) groups excluding carboxylic acids is 1. The second-order valence-electron chi connectivity index (χ2n) is 4.56. The Bertz CT molecular complexity index is 376. The van der Waals surface area contributed by atoms with Gasteiger partial charge in [-0.15, -0.1) is 0 Å². The molecule has 0 aliphatic heterocycles. The highest BCUT2D eigenvalue weighted by molar-refractivity contribution is 5.81. The van der Waals surface area contributed by atoms with Crippen LogP contribution in [0.1, 0.15) is 25.8 Å². The molecule has 1 atom stereocenters. The average Bonchev–Trinajstić information content (AvgIpc) is 2.45. The van der Waals surface area contributed by atoms with Crippen molar-refractivity contribution in [3.05, 3.63) is 29.8 Å². The second-order valence-corrected chi connectivity index (χ2v) is 4.56. The van der Waals surface area contributed by atoms with Crippen molar-refractivity contribution in [3.63, 3.8) is 0 Å². The summed E-state index contributed by atoms with van der Waals surface area (Å²) in [4.78, 5) is 11.7. The zero-order valence-corrected chi connectivity index (χ0v) is 12.0. The largest absolute Gasteiger partial charge is 0.497 e. The summed E-state index contributed by atoms with van der Waals surface area (Å²) in [5.41, 5.74) is 1.19. The van der Waals surface area contributed by atoms with Gasteiger partial charge in [-0.05, 0) is 44.0 Å². The van der Waals surface area contributed by atoms with Crippen LogP contribution in [0.4, 0.5) is 0 Å². The number of nitrogens with one attached hydrogen (secondary N) is 2. The van der Waals surface area contributed by atoms with Crippen molar-refractivity contribution in [2.45, 2.75) is 32.7 Å². The van der Waals surface area contributed by atoms with Crippen molar-refractivity contribution in [2.24, 2.45) is 0 Å². The monoisotopic (exact) mass is 264 g/mol. The van der Waals surface area contributed by atoms with Gasteiger partial charge >= 0.3 is 0 Å². The third kappa shape index (κ3) is 5.75. The molecule has 1 aromatic rings. The van der Waals surface area contributed by atoms with E-state index >= 15 is 0 Å². The Kier molecular flexibility index (Phi) is 6.97. The molecule has 2 N–H and O–H groups in total. The van der Waals surface area contributed by atoms with E-state index in [-0.39, 0.29) is 11.9 Å². The number of methoxy groups -OCH3 is 1. The topological polar surface area (TPSA) is 50.4 Å². The minimum absolute atomic E-state index is 0.0574. The molecular weight excluding hydrogens is 240 g/mol. The molecule has 0 radical (unpaired) electrons. The first kappa shape index (κ1) is 15.5. The van der Waals surface area contributed by atoms with E-state index in [1.165, 1.54) is 5.56 Å². The molecule has 0 bridgehead atoms. The van der Waals surface area contributed by atoms with Crippen LogP contribution in [0.25, 0.3) is 0 Å². The van der Waals surface area contributed by atoms with Crippen LogP contribution in [-0.2, 0) is 11.2 Å². The van der Waals surface area contributed by atoms with E-state index in [1.54, 1.807) is 7.11 Å². The normalized spacial score (nSPS) is 11.9. The first-order valence-electron chi connectivity index (χ1n) is 6.81. The van der Waals surface area contributed by atoms with E-state index in [0.29, 0.717) is 6.54 Å². The fourth-order valence-corrected chi connectivity index (χ4v) is 1.73. The highest BCUT2D eigenvalue weighted by Gasteiger charge is 2.10. The van der Waals surface area contributed by atoms with Crippen LogP contribution in [0.3, 0.4) is 0 Å². The summed E-state index contributed by atoms with van der Waals surface area (Å²) in [5, 5.41) is 6.10. The highest BCUT2D eigenvalue weighted by atomic mass is 16.5. The predicted octanol–water partition coefficient (Wildman–Crippen LogP) is 1.74. The van der Waals surface area contributed by atoms with E-state index in [2.05, 4.69) is 17.6 Å². The quantitative estimate of drug-likeness (QED) is 0.752. The minimum Gasteiger partial charge on any atom is -0.497 e. The van der Waals surface area contributed by atoms with Gasteiger partial charge in [0.2, 0.25) is 5.91 Å². The van der Waals surface area contributed by atoms with Crippen molar-refractivity contribution in [1.29, 1.82) is 0 Å². The molecule has 0 fully saturated rings. The SMILES string of the molecule is CCCNC(C)C(=O)NCCc1ccc(OC)cc1. The Hall–Kier alpha value is -1.55. The minimum atomic E-state index is -0.129. The van der Waals surface area contributed by atoms with Gasteiger partial charge in [-0.3, -0.25) is 4.79 Å². The lowest BCUT2D eigenvalue weighted by atomic mass is 10.1. The Morgan fingerprint density at radius 2 is 1.95 bits per heavy atom. The molecule has 1 unspecified atom stereocenters. The van der Waals surface area contributed by atoms with Gasteiger partial charge in [0, 0.05) is 6.54 Å². The number of carbonyl (C=O) groups is 1. The molecule has 0 aliphatic rings. The number of ether oxygens (including phenoxy) is 1. The molecule has 106 valence electrons. The van der Waals surface area contributed by atoms with Crippen molar-refractivity contribution in [2.75, 3.05) is 20.2 Å². The first-order chi connectivity index (χ1) is 9.17. The fourth-order valence-electron chi connectivity index (χ4n) is 1.73. The van der Waals surface area contributed by atoms with Gasteiger partial charge in [-0.1, -0.05) is 19.1 Å². The van der Waals surface area contributed by atoms with Crippen LogP contribution in [0.15, 0.2) is 24.3 Å². The summed E-state index contributed by atoms with van der Waals surface area (Å²) in [7, 11) is 1.65. The zero-order valence-electron chi connectivity index (χ0n) is 12.0.